The molecule has 7 aromatic carbocycles. The largest absolute Gasteiger partial charge is 0.508 e. The summed E-state index contributed by atoms with van der Waals surface area (Å²) in [6.07, 6.45) is 0. The monoisotopic (exact) mass is 600 g/mol. The van der Waals surface area contributed by atoms with Gasteiger partial charge in [-0.15, -0.1) is 0 Å². The maximum atomic E-state index is 10.6. The van der Waals surface area contributed by atoms with E-state index >= 15 is 0 Å². The van der Waals surface area contributed by atoms with Crippen LogP contribution in [0.2, 0.25) is 0 Å². The number of aromatic hydroxyl groups is 1. The van der Waals surface area contributed by atoms with Crippen LogP contribution in [0.15, 0.2) is 150 Å². The molecule has 0 atom stereocenters. The highest BCUT2D eigenvalue weighted by atomic mass is 16.3. The minimum atomic E-state index is 0.238. The molecule has 0 aliphatic carbocycles. The molecule has 4 nitrogen and oxygen atoms in total. The van der Waals surface area contributed by atoms with Gasteiger partial charge in [0.15, 0.2) is 0 Å². The first-order valence-electron chi connectivity index (χ1n) is 15.7. The van der Waals surface area contributed by atoms with Crippen LogP contribution >= 0.6 is 0 Å². The van der Waals surface area contributed by atoms with Crippen LogP contribution in [0.4, 0.5) is 0 Å². The highest BCUT2D eigenvalue weighted by molar-refractivity contribution is 6.34. The topological polar surface area (TPSA) is 43.2 Å². The van der Waals surface area contributed by atoms with Gasteiger partial charge in [-0.05, 0) is 90.0 Å². The summed E-state index contributed by atoms with van der Waals surface area (Å²) in [5.41, 5.74) is 11.1. The molecule has 10 aromatic rings. The number of furan rings is 1. The van der Waals surface area contributed by atoms with Crippen LogP contribution in [-0.4, -0.2) is 22.1 Å². The summed E-state index contributed by atoms with van der Waals surface area (Å²) < 4.78 is 10.8. The summed E-state index contributed by atoms with van der Waals surface area (Å²) in [7, 11) is 6.31. The molecule has 0 saturated heterocycles. The van der Waals surface area contributed by atoms with E-state index in [-0.39, 0.29) is 5.75 Å². The van der Waals surface area contributed by atoms with Gasteiger partial charge in [0.1, 0.15) is 24.8 Å². The van der Waals surface area contributed by atoms with Crippen molar-refractivity contribution < 1.29 is 9.52 Å². The van der Waals surface area contributed by atoms with E-state index in [1.165, 1.54) is 0 Å². The third-order valence-corrected chi connectivity index (χ3v) is 9.51. The Morgan fingerprint density at radius 2 is 1.06 bits per heavy atom. The van der Waals surface area contributed by atoms with E-state index in [0.29, 0.717) is 0 Å². The molecule has 0 amide bonds. The van der Waals surface area contributed by atoms with E-state index in [1.54, 1.807) is 6.07 Å². The molecule has 1 N–H and O–H groups in total. The number of nitrogens with zero attached hydrogens (tertiary/aromatic N) is 2. The van der Waals surface area contributed by atoms with Gasteiger partial charge in [-0.1, -0.05) is 72.2 Å². The Labute approximate surface area is 270 Å². The number of hydrogen-bond donors (Lipinski definition) is 1. The third kappa shape index (κ3) is 3.77. The molecule has 218 valence electrons. The molecule has 0 aliphatic heterocycles. The first-order chi connectivity index (χ1) is 23.1. The number of para-hydroxylation sites is 2. The van der Waals surface area contributed by atoms with Crippen molar-refractivity contribution in [3.63, 3.8) is 0 Å². The Morgan fingerprint density at radius 1 is 0.468 bits per heavy atom. The standard InChI is InChI=1S/C42H25BN2O2/c43-27-15-19-36-33(23-27)31-21-25(13-17-35(31)44(36)28-7-2-1-3-8-28)26-14-18-37-32(22-26)34-24-29(46)16-20-38(34)45(37)39-10-6-12-41-42(39)30-9-4-5-11-40(30)47-41/h1-24,46H. The molecule has 0 unspecified atom stereocenters. The fourth-order valence-corrected chi connectivity index (χ4v) is 7.47. The van der Waals surface area contributed by atoms with Crippen LogP contribution < -0.4 is 5.46 Å². The van der Waals surface area contributed by atoms with E-state index in [4.69, 9.17) is 12.3 Å². The van der Waals surface area contributed by atoms with Gasteiger partial charge < -0.3 is 18.7 Å². The molecular weight excluding hydrogens is 575 g/mol. The SMILES string of the molecule is [B]c1ccc2c(c1)c1cc(-c3ccc4c(c3)c3cc(O)ccc3n4-c3cccc4oc5ccccc5c34)ccc1n2-c1ccccc1. The van der Waals surface area contributed by atoms with Crippen LogP contribution in [-0.2, 0) is 0 Å². The van der Waals surface area contributed by atoms with Crippen LogP contribution in [0.25, 0.3) is 88.1 Å². The Balaban J connectivity index is 1.22. The highest BCUT2D eigenvalue weighted by Gasteiger charge is 2.19. The fourth-order valence-electron chi connectivity index (χ4n) is 7.47. The van der Waals surface area contributed by atoms with Crippen molar-refractivity contribution >= 4 is 78.9 Å². The summed E-state index contributed by atoms with van der Waals surface area (Å²) in [4.78, 5) is 0. The van der Waals surface area contributed by atoms with Crippen molar-refractivity contribution in [2.75, 3.05) is 0 Å². The summed E-state index contributed by atoms with van der Waals surface area (Å²) in [6.45, 7) is 0. The zero-order valence-corrected chi connectivity index (χ0v) is 25.2. The minimum absolute atomic E-state index is 0.238. The second kappa shape index (κ2) is 9.65. The van der Waals surface area contributed by atoms with Gasteiger partial charge in [-0.2, -0.15) is 0 Å². The zero-order chi connectivity index (χ0) is 31.2. The van der Waals surface area contributed by atoms with Gasteiger partial charge in [-0.3, -0.25) is 0 Å². The highest BCUT2D eigenvalue weighted by Crippen LogP contribution is 2.41. The van der Waals surface area contributed by atoms with Crippen molar-refractivity contribution in [3.8, 4) is 28.3 Å². The summed E-state index contributed by atoms with van der Waals surface area (Å²) in [5.74, 6) is 0.238. The van der Waals surface area contributed by atoms with E-state index in [1.807, 2.05) is 54.6 Å². The van der Waals surface area contributed by atoms with Crippen molar-refractivity contribution in [2.24, 2.45) is 0 Å². The Bertz CT molecular complexity index is 2880. The van der Waals surface area contributed by atoms with Crippen LogP contribution in [0, 0.1) is 0 Å². The summed E-state index contributed by atoms with van der Waals surface area (Å²) in [5, 5.41) is 17.1. The first kappa shape index (κ1) is 26.1. The average molecular weight is 600 g/mol. The lowest BCUT2D eigenvalue weighted by atomic mass is 9.94. The number of hydrogen-bond acceptors (Lipinski definition) is 2. The smallest absolute Gasteiger partial charge is 0.137 e. The van der Waals surface area contributed by atoms with E-state index in [0.717, 1.165) is 93.5 Å². The molecule has 3 heterocycles. The lowest BCUT2D eigenvalue weighted by molar-refractivity contribution is 0.476. The quantitative estimate of drug-likeness (QED) is 0.205. The number of aromatic nitrogens is 2. The number of fused-ring (bicyclic) bond motifs is 9. The summed E-state index contributed by atoms with van der Waals surface area (Å²) in [6, 6.07) is 49.9. The van der Waals surface area contributed by atoms with E-state index < -0.39 is 0 Å². The second-order valence-corrected chi connectivity index (χ2v) is 12.2. The van der Waals surface area contributed by atoms with Gasteiger partial charge >= 0.3 is 0 Å². The number of phenolic OH excluding ortho intramolecular Hbond substituents is 1. The molecule has 2 radical (unpaired) electrons. The second-order valence-electron chi connectivity index (χ2n) is 12.2. The van der Waals surface area contributed by atoms with E-state index in [9.17, 15) is 5.11 Å². The Hall–Kier alpha value is -6.20. The first-order valence-corrected chi connectivity index (χ1v) is 15.7. The van der Waals surface area contributed by atoms with Crippen molar-refractivity contribution in [2.45, 2.75) is 0 Å². The Kier molecular flexibility index (Phi) is 5.35. The fraction of sp³-hybridized carbons (Fsp3) is 0. The zero-order valence-electron chi connectivity index (χ0n) is 25.2. The Morgan fingerprint density at radius 3 is 1.83 bits per heavy atom. The van der Waals surface area contributed by atoms with Crippen molar-refractivity contribution in [1.82, 2.24) is 9.13 Å². The van der Waals surface area contributed by atoms with Gasteiger partial charge in [0.2, 0.25) is 0 Å². The molecule has 0 spiro atoms. The minimum Gasteiger partial charge on any atom is -0.508 e. The maximum absolute atomic E-state index is 10.6. The van der Waals surface area contributed by atoms with Crippen LogP contribution in [0.1, 0.15) is 0 Å². The van der Waals surface area contributed by atoms with Crippen molar-refractivity contribution in [3.05, 3.63) is 146 Å². The molecule has 0 fully saturated rings. The maximum Gasteiger partial charge on any atom is 0.137 e. The van der Waals surface area contributed by atoms with Gasteiger partial charge in [0.05, 0.1) is 33.1 Å². The van der Waals surface area contributed by atoms with Gasteiger partial charge in [-0.25, -0.2) is 0 Å². The van der Waals surface area contributed by atoms with Crippen LogP contribution in [0.3, 0.4) is 0 Å². The summed E-state index contributed by atoms with van der Waals surface area (Å²) >= 11 is 0. The molecule has 3 aromatic heterocycles. The number of phenols is 1. The van der Waals surface area contributed by atoms with Crippen molar-refractivity contribution in [1.29, 1.82) is 0 Å². The number of benzene rings is 7. The molecule has 10 rings (SSSR count). The molecular formula is C42H25BN2O2. The predicted molar refractivity (Wildman–Crippen MR) is 195 cm³/mol. The van der Waals surface area contributed by atoms with Gasteiger partial charge in [0.25, 0.3) is 0 Å². The van der Waals surface area contributed by atoms with E-state index in [2.05, 4.69) is 94.1 Å². The lowest BCUT2D eigenvalue weighted by Gasteiger charge is -2.10. The molecule has 0 aliphatic rings. The molecule has 0 saturated carbocycles. The molecule has 0 bridgehead atoms. The number of rotatable bonds is 3. The van der Waals surface area contributed by atoms with Gasteiger partial charge in [0, 0.05) is 32.6 Å². The van der Waals surface area contributed by atoms with Crippen LogP contribution in [0.5, 0.6) is 5.75 Å². The molecule has 5 heteroatoms. The predicted octanol–water partition coefficient (Wildman–Crippen LogP) is 9.95. The molecule has 47 heavy (non-hydrogen) atoms. The third-order valence-electron chi connectivity index (χ3n) is 9.51. The lowest BCUT2D eigenvalue weighted by Crippen LogP contribution is -2.00. The normalized spacial score (nSPS) is 12.0. The average Bonchev–Trinajstić information content (AvgIpc) is 3.75.